The summed E-state index contributed by atoms with van der Waals surface area (Å²) in [6.45, 7) is 7.69. The molecule has 130 valence electrons. The first-order valence-electron chi connectivity index (χ1n) is 7.87. The molecular formula is C18H16N6OS. The molecule has 7 nitrogen and oxygen atoms in total. The smallest absolute Gasteiger partial charge is 0.225 e. The van der Waals surface area contributed by atoms with Crippen molar-refractivity contribution in [1.29, 1.82) is 0 Å². The average molecular weight is 364 g/mol. The van der Waals surface area contributed by atoms with Gasteiger partial charge in [-0.15, -0.1) is 11.3 Å². The molecule has 0 saturated carbocycles. The van der Waals surface area contributed by atoms with Crippen molar-refractivity contribution >= 4 is 49.9 Å². The Hall–Kier alpha value is -3.39. The number of benzene rings is 1. The summed E-state index contributed by atoms with van der Waals surface area (Å²) in [6.07, 6.45) is 3.13. The predicted molar refractivity (Wildman–Crippen MR) is 106 cm³/mol. The van der Waals surface area contributed by atoms with E-state index in [9.17, 15) is 0 Å². The number of ether oxygens (including phenoxy) is 1. The van der Waals surface area contributed by atoms with E-state index in [-0.39, 0.29) is 0 Å². The van der Waals surface area contributed by atoms with Gasteiger partial charge >= 0.3 is 0 Å². The second-order valence-corrected chi connectivity index (χ2v) is 6.42. The fourth-order valence-electron chi connectivity index (χ4n) is 2.52. The lowest BCUT2D eigenvalue weighted by molar-refractivity contribution is 0.352. The van der Waals surface area contributed by atoms with Gasteiger partial charge in [-0.3, -0.25) is 5.10 Å². The number of fused-ring (bicyclic) bond motifs is 2. The van der Waals surface area contributed by atoms with Crippen LogP contribution in [0, 0.1) is 0 Å². The number of hydrogen-bond acceptors (Lipinski definition) is 7. The van der Waals surface area contributed by atoms with Crippen LogP contribution in [0.15, 0.2) is 61.0 Å². The molecule has 0 saturated heterocycles. The number of rotatable bonds is 7. The summed E-state index contributed by atoms with van der Waals surface area (Å²) in [5.41, 5.74) is 2.79. The van der Waals surface area contributed by atoms with E-state index in [1.54, 1.807) is 17.5 Å². The Morgan fingerprint density at radius 3 is 3.12 bits per heavy atom. The first-order chi connectivity index (χ1) is 12.7. The number of nitrogens with one attached hydrogen (secondary N) is 3. The lowest BCUT2D eigenvalue weighted by Gasteiger charge is -2.11. The Morgan fingerprint density at radius 1 is 1.31 bits per heavy atom. The van der Waals surface area contributed by atoms with Crippen molar-refractivity contribution in [3.05, 3.63) is 61.0 Å². The van der Waals surface area contributed by atoms with E-state index < -0.39 is 0 Å². The summed E-state index contributed by atoms with van der Waals surface area (Å²) in [6, 6.07) is 7.95. The van der Waals surface area contributed by atoms with Crippen molar-refractivity contribution in [3.63, 3.8) is 0 Å². The van der Waals surface area contributed by atoms with Crippen LogP contribution in [0.5, 0.6) is 0 Å². The highest BCUT2D eigenvalue weighted by Gasteiger charge is 2.10. The molecule has 0 fully saturated rings. The van der Waals surface area contributed by atoms with Crippen LogP contribution in [-0.2, 0) is 4.74 Å². The lowest BCUT2D eigenvalue weighted by Crippen LogP contribution is -2.09. The molecule has 3 N–H and O–H groups in total. The molecule has 0 bridgehead atoms. The highest BCUT2D eigenvalue weighted by Crippen LogP contribution is 2.30. The fraction of sp³-hybridized carbons (Fsp3) is 0.0556. The Labute approximate surface area is 153 Å². The van der Waals surface area contributed by atoms with Gasteiger partial charge in [-0.2, -0.15) is 10.1 Å². The van der Waals surface area contributed by atoms with Crippen LogP contribution in [-0.4, -0.2) is 26.7 Å². The Balaban J connectivity index is 1.63. The van der Waals surface area contributed by atoms with Crippen LogP contribution in [0.25, 0.3) is 21.1 Å². The first kappa shape index (κ1) is 16.1. The zero-order valence-electron chi connectivity index (χ0n) is 13.8. The maximum absolute atomic E-state index is 5.12. The monoisotopic (exact) mass is 364 g/mol. The molecule has 0 aliphatic carbocycles. The number of hydrogen-bond donors (Lipinski definition) is 3. The van der Waals surface area contributed by atoms with Gasteiger partial charge in [-0.1, -0.05) is 13.2 Å². The molecule has 0 unspecified atom stereocenters. The van der Waals surface area contributed by atoms with Gasteiger partial charge in [-0.05, 0) is 29.6 Å². The molecule has 26 heavy (non-hydrogen) atoms. The van der Waals surface area contributed by atoms with Crippen molar-refractivity contribution in [2.24, 2.45) is 0 Å². The molecule has 0 spiro atoms. The SMILES string of the molecule is C=COC(=C)CNc1nc(Nc2ccc3[nH]ncc3c2)c2sccc2n1. The molecule has 8 heteroatoms. The van der Waals surface area contributed by atoms with Gasteiger partial charge in [0.15, 0.2) is 5.82 Å². The van der Waals surface area contributed by atoms with Gasteiger partial charge in [0.2, 0.25) is 5.95 Å². The molecule has 3 heterocycles. The van der Waals surface area contributed by atoms with E-state index in [4.69, 9.17) is 4.74 Å². The van der Waals surface area contributed by atoms with E-state index in [0.29, 0.717) is 18.3 Å². The molecule has 0 aliphatic heterocycles. The fourth-order valence-corrected chi connectivity index (χ4v) is 3.30. The molecule has 0 radical (unpaired) electrons. The van der Waals surface area contributed by atoms with Crippen LogP contribution in [0.3, 0.4) is 0 Å². The summed E-state index contributed by atoms with van der Waals surface area (Å²) in [7, 11) is 0. The minimum atomic E-state index is 0.391. The normalized spacial score (nSPS) is 10.8. The number of aromatic nitrogens is 4. The van der Waals surface area contributed by atoms with E-state index in [1.807, 2.05) is 29.6 Å². The zero-order chi connectivity index (χ0) is 17.9. The van der Waals surface area contributed by atoms with Crippen LogP contribution in [0.4, 0.5) is 17.5 Å². The van der Waals surface area contributed by atoms with Gasteiger partial charge in [0.25, 0.3) is 0 Å². The molecule has 0 atom stereocenters. The summed E-state index contributed by atoms with van der Waals surface area (Å²) >= 11 is 1.59. The maximum Gasteiger partial charge on any atom is 0.225 e. The number of anilines is 3. The molecule has 4 rings (SSSR count). The molecule has 1 aromatic carbocycles. The van der Waals surface area contributed by atoms with Crippen molar-refractivity contribution in [1.82, 2.24) is 20.2 Å². The van der Waals surface area contributed by atoms with Crippen molar-refractivity contribution in [2.45, 2.75) is 0 Å². The minimum Gasteiger partial charge on any atom is -0.469 e. The summed E-state index contributed by atoms with van der Waals surface area (Å²) < 4.78 is 6.11. The number of nitrogens with zero attached hydrogens (tertiary/aromatic N) is 3. The Bertz CT molecular complexity index is 1100. The molecule has 4 aromatic rings. The Kier molecular flexibility index (Phi) is 4.24. The van der Waals surface area contributed by atoms with Gasteiger partial charge in [0, 0.05) is 11.1 Å². The molecule has 0 amide bonds. The molecular weight excluding hydrogens is 348 g/mol. The molecule has 0 aliphatic rings. The third kappa shape index (κ3) is 3.22. The number of aromatic amines is 1. The predicted octanol–water partition coefficient (Wildman–Crippen LogP) is 4.40. The Morgan fingerprint density at radius 2 is 2.23 bits per heavy atom. The number of thiophene rings is 1. The first-order valence-corrected chi connectivity index (χ1v) is 8.75. The van der Waals surface area contributed by atoms with Crippen molar-refractivity contribution in [2.75, 3.05) is 17.2 Å². The van der Waals surface area contributed by atoms with E-state index >= 15 is 0 Å². The van der Waals surface area contributed by atoms with E-state index in [1.165, 1.54) is 6.26 Å². The molecule has 3 aromatic heterocycles. The summed E-state index contributed by atoms with van der Waals surface area (Å²) in [5.74, 6) is 1.77. The summed E-state index contributed by atoms with van der Waals surface area (Å²) in [4.78, 5) is 9.12. The van der Waals surface area contributed by atoms with Gasteiger partial charge in [-0.25, -0.2) is 4.98 Å². The second kappa shape index (κ2) is 6.85. The highest BCUT2D eigenvalue weighted by atomic mass is 32.1. The van der Waals surface area contributed by atoms with Crippen LogP contribution < -0.4 is 10.6 Å². The van der Waals surface area contributed by atoms with E-state index in [2.05, 4.69) is 44.0 Å². The van der Waals surface area contributed by atoms with Crippen LogP contribution >= 0.6 is 11.3 Å². The lowest BCUT2D eigenvalue weighted by atomic mass is 10.2. The van der Waals surface area contributed by atoms with Crippen molar-refractivity contribution < 1.29 is 4.74 Å². The average Bonchev–Trinajstić information content (AvgIpc) is 3.29. The standard InChI is InChI=1S/C18H16N6OS/c1-3-25-11(2)9-19-18-22-15-6-7-26-16(15)17(23-18)21-13-4-5-14-12(8-13)10-20-24-14/h3-8,10H,1-2,9H2,(H,20,24)(H2,19,21,22,23). The van der Waals surface area contributed by atoms with Gasteiger partial charge in [0.1, 0.15) is 5.76 Å². The quantitative estimate of drug-likeness (QED) is 0.421. The minimum absolute atomic E-state index is 0.391. The van der Waals surface area contributed by atoms with Gasteiger partial charge in [0.05, 0.1) is 34.7 Å². The summed E-state index contributed by atoms with van der Waals surface area (Å²) in [5, 5.41) is 16.5. The number of H-pyrrole nitrogens is 1. The zero-order valence-corrected chi connectivity index (χ0v) is 14.6. The van der Waals surface area contributed by atoms with Crippen molar-refractivity contribution in [3.8, 4) is 0 Å². The van der Waals surface area contributed by atoms with Crippen LogP contribution in [0.2, 0.25) is 0 Å². The van der Waals surface area contributed by atoms with Gasteiger partial charge < -0.3 is 15.4 Å². The topological polar surface area (TPSA) is 87.8 Å². The third-order valence-electron chi connectivity index (χ3n) is 3.70. The highest BCUT2D eigenvalue weighted by molar-refractivity contribution is 7.17. The maximum atomic E-state index is 5.12. The third-order valence-corrected chi connectivity index (χ3v) is 4.61. The largest absolute Gasteiger partial charge is 0.469 e. The van der Waals surface area contributed by atoms with E-state index in [0.717, 1.165) is 32.6 Å². The second-order valence-electron chi connectivity index (χ2n) is 5.50. The van der Waals surface area contributed by atoms with Crippen LogP contribution in [0.1, 0.15) is 0 Å².